The van der Waals surface area contributed by atoms with E-state index in [9.17, 15) is 9.59 Å². The highest BCUT2D eigenvalue weighted by Gasteiger charge is 2.10. The Morgan fingerprint density at radius 1 is 0.808 bits per heavy atom. The highest BCUT2D eigenvalue weighted by molar-refractivity contribution is 6.32. The molecule has 2 aromatic heterocycles. The van der Waals surface area contributed by atoms with Gasteiger partial charge in [0.1, 0.15) is 16.5 Å². The Kier molecular flexibility index (Phi) is 6.64. The molecule has 0 spiro atoms. The van der Waals surface area contributed by atoms with Gasteiger partial charge in [0.05, 0.1) is 5.56 Å². The monoisotopic (exact) mass is 371 g/mol. The molecule has 1 aromatic carbocycles. The van der Waals surface area contributed by atoms with Gasteiger partial charge in [0.25, 0.3) is 0 Å². The standard InChI is InChI=1S/C12H10N2O2.C6H4ClNO2/c15-12(16)10-7-4-8-13-11(10)14-9-5-2-1-3-6-9;7-5-4(6(9)10)2-1-3-8-5/h1-8H,(H,13,14)(H,15,16);1-3H,(H,9,10). The fourth-order valence-electron chi connectivity index (χ4n) is 1.88. The molecular formula is C18H14ClN3O4. The number of hydrogen-bond donors (Lipinski definition) is 3. The molecule has 0 radical (unpaired) electrons. The van der Waals surface area contributed by atoms with Crippen molar-refractivity contribution in [3.63, 3.8) is 0 Å². The van der Waals surface area contributed by atoms with Crippen LogP contribution >= 0.6 is 11.6 Å². The number of hydrogen-bond acceptors (Lipinski definition) is 5. The van der Waals surface area contributed by atoms with Gasteiger partial charge in [-0.1, -0.05) is 29.8 Å². The number of rotatable bonds is 4. The molecule has 7 nitrogen and oxygen atoms in total. The number of nitrogens with zero attached hydrogens (tertiary/aromatic N) is 2. The first kappa shape index (κ1) is 18.9. The number of halogens is 1. The van der Waals surface area contributed by atoms with Crippen molar-refractivity contribution < 1.29 is 19.8 Å². The molecule has 0 atom stereocenters. The van der Waals surface area contributed by atoms with Gasteiger partial charge in [-0.3, -0.25) is 0 Å². The second-order valence-electron chi connectivity index (χ2n) is 4.84. The van der Waals surface area contributed by atoms with E-state index in [-0.39, 0.29) is 16.3 Å². The van der Waals surface area contributed by atoms with E-state index in [0.29, 0.717) is 5.82 Å². The molecule has 0 saturated heterocycles. The number of benzene rings is 1. The van der Waals surface area contributed by atoms with Crippen molar-refractivity contribution >= 4 is 35.0 Å². The zero-order valence-corrected chi connectivity index (χ0v) is 14.1. The highest BCUT2D eigenvalue weighted by atomic mass is 35.5. The van der Waals surface area contributed by atoms with Crippen molar-refractivity contribution in [1.82, 2.24) is 9.97 Å². The summed E-state index contributed by atoms with van der Waals surface area (Å²) in [5, 5.41) is 20.4. The van der Waals surface area contributed by atoms with Crippen LogP contribution in [0.1, 0.15) is 20.7 Å². The smallest absolute Gasteiger partial charge is 0.339 e. The van der Waals surface area contributed by atoms with E-state index < -0.39 is 11.9 Å². The lowest BCUT2D eigenvalue weighted by Crippen LogP contribution is -2.04. The van der Waals surface area contributed by atoms with Gasteiger partial charge in [-0.2, -0.15) is 0 Å². The number of pyridine rings is 2. The number of aromatic carboxylic acids is 2. The van der Waals surface area contributed by atoms with Gasteiger partial charge < -0.3 is 15.5 Å². The van der Waals surface area contributed by atoms with E-state index in [1.165, 1.54) is 24.4 Å². The molecule has 0 fully saturated rings. The Labute approximate surface area is 153 Å². The van der Waals surface area contributed by atoms with Crippen molar-refractivity contribution in [3.05, 3.63) is 83.3 Å². The largest absolute Gasteiger partial charge is 0.478 e. The van der Waals surface area contributed by atoms with E-state index in [1.807, 2.05) is 30.3 Å². The van der Waals surface area contributed by atoms with Crippen molar-refractivity contribution in [1.29, 1.82) is 0 Å². The Morgan fingerprint density at radius 3 is 1.92 bits per heavy atom. The van der Waals surface area contributed by atoms with Crippen LogP contribution in [-0.4, -0.2) is 32.1 Å². The molecule has 8 heteroatoms. The maximum atomic E-state index is 10.9. The zero-order chi connectivity index (χ0) is 18.9. The minimum absolute atomic E-state index is 0.0231. The predicted molar refractivity (Wildman–Crippen MR) is 97.1 cm³/mol. The van der Waals surface area contributed by atoms with Crippen molar-refractivity contribution in [2.24, 2.45) is 0 Å². The molecule has 26 heavy (non-hydrogen) atoms. The Morgan fingerprint density at radius 2 is 1.38 bits per heavy atom. The van der Waals surface area contributed by atoms with Crippen LogP contribution in [0.4, 0.5) is 11.5 Å². The van der Waals surface area contributed by atoms with Gasteiger partial charge in [-0.05, 0) is 36.4 Å². The highest BCUT2D eigenvalue weighted by Crippen LogP contribution is 2.17. The molecule has 3 N–H and O–H groups in total. The fourth-order valence-corrected chi connectivity index (χ4v) is 2.08. The van der Waals surface area contributed by atoms with Crippen LogP contribution in [0, 0.1) is 0 Å². The molecular weight excluding hydrogens is 358 g/mol. The van der Waals surface area contributed by atoms with Crippen LogP contribution in [0.15, 0.2) is 67.0 Å². The van der Waals surface area contributed by atoms with Gasteiger partial charge in [-0.15, -0.1) is 0 Å². The lowest BCUT2D eigenvalue weighted by atomic mass is 10.2. The number of carboxylic acids is 2. The first-order valence-electron chi connectivity index (χ1n) is 7.33. The summed E-state index contributed by atoms with van der Waals surface area (Å²) in [6.07, 6.45) is 2.99. The average molecular weight is 372 g/mol. The Bertz CT molecular complexity index is 904. The van der Waals surface area contributed by atoms with Gasteiger partial charge in [0, 0.05) is 18.1 Å². The molecule has 0 aliphatic heterocycles. The van der Waals surface area contributed by atoms with E-state index in [0.717, 1.165) is 5.69 Å². The van der Waals surface area contributed by atoms with Crippen LogP contribution in [0.3, 0.4) is 0 Å². The number of carboxylic acid groups (broad SMARTS) is 2. The topological polar surface area (TPSA) is 112 Å². The molecule has 0 unspecified atom stereocenters. The van der Waals surface area contributed by atoms with Crippen LogP contribution in [0.25, 0.3) is 0 Å². The second kappa shape index (κ2) is 9.14. The maximum Gasteiger partial charge on any atom is 0.339 e. The molecule has 132 valence electrons. The lowest BCUT2D eigenvalue weighted by Gasteiger charge is -2.07. The minimum atomic E-state index is -1.06. The van der Waals surface area contributed by atoms with E-state index in [4.69, 9.17) is 21.8 Å². The summed E-state index contributed by atoms with van der Waals surface area (Å²) in [7, 11) is 0. The van der Waals surface area contributed by atoms with E-state index >= 15 is 0 Å². The molecule has 0 aliphatic carbocycles. The van der Waals surface area contributed by atoms with Gasteiger partial charge >= 0.3 is 11.9 Å². The van der Waals surface area contributed by atoms with Crippen LogP contribution < -0.4 is 5.32 Å². The number of aromatic nitrogens is 2. The minimum Gasteiger partial charge on any atom is -0.478 e. The average Bonchev–Trinajstić information content (AvgIpc) is 2.63. The van der Waals surface area contributed by atoms with Gasteiger partial charge in [-0.25, -0.2) is 19.6 Å². The third-order valence-corrected chi connectivity index (χ3v) is 3.37. The van der Waals surface area contributed by atoms with Crippen LogP contribution in [0.5, 0.6) is 0 Å². The summed E-state index contributed by atoms with van der Waals surface area (Å²) in [5.74, 6) is -1.70. The first-order valence-corrected chi connectivity index (χ1v) is 7.71. The lowest BCUT2D eigenvalue weighted by molar-refractivity contribution is 0.0686. The third-order valence-electron chi connectivity index (χ3n) is 3.06. The van der Waals surface area contributed by atoms with Crippen LogP contribution in [-0.2, 0) is 0 Å². The van der Waals surface area contributed by atoms with Crippen LogP contribution in [0.2, 0.25) is 5.15 Å². The van der Waals surface area contributed by atoms with E-state index in [1.54, 1.807) is 12.3 Å². The summed E-state index contributed by atoms with van der Waals surface area (Å²) in [6, 6.07) is 15.4. The summed E-state index contributed by atoms with van der Waals surface area (Å²) in [4.78, 5) is 28.8. The predicted octanol–water partition coefficient (Wildman–Crippen LogP) is 3.96. The molecule has 3 aromatic rings. The van der Waals surface area contributed by atoms with Crippen molar-refractivity contribution in [2.75, 3.05) is 5.32 Å². The van der Waals surface area contributed by atoms with Gasteiger partial charge in [0.2, 0.25) is 0 Å². The SMILES string of the molecule is O=C(O)c1cccnc1Cl.O=C(O)c1cccnc1Nc1ccccc1. The number of anilines is 2. The maximum absolute atomic E-state index is 10.9. The summed E-state index contributed by atoms with van der Waals surface area (Å²) >= 11 is 5.43. The third kappa shape index (κ3) is 5.29. The first-order chi connectivity index (χ1) is 12.5. The molecule has 2 heterocycles. The summed E-state index contributed by atoms with van der Waals surface area (Å²) < 4.78 is 0. The zero-order valence-electron chi connectivity index (χ0n) is 13.3. The van der Waals surface area contributed by atoms with Crippen molar-refractivity contribution in [2.45, 2.75) is 0 Å². The summed E-state index contributed by atoms with van der Waals surface area (Å²) in [6.45, 7) is 0. The number of carbonyl (C=O) groups is 2. The second-order valence-corrected chi connectivity index (χ2v) is 5.20. The fraction of sp³-hybridized carbons (Fsp3) is 0. The number of para-hydroxylation sites is 1. The summed E-state index contributed by atoms with van der Waals surface area (Å²) in [5.41, 5.74) is 0.999. The molecule has 0 bridgehead atoms. The molecule has 3 rings (SSSR count). The molecule has 0 amide bonds. The Balaban J connectivity index is 0.000000209. The van der Waals surface area contributed by atoms with Gasteiger partial charge in [0.15, 0.2) is 0 Å². The van der Waals surface area contributed by atoms with Crippen molar-refractivity contribution in [3.8, 4) is 0 Å². The number of nitrogens with one attached hydrogen (secondary N) is 1. The quantitative estimate of drug-likeness (QED) is 0.595. The Hall–Kier alpha value is -3.45. The molecule has 0 saturated carbocycles. The van der Waals surface area contributed by atoms with E-state index in [2.05, 4.69) is 15.3 Å². The molecule has 0 aliphatic rings. The normalized spacial score (nSPS) is 9.58.